The van der Waals surface area contributed by atoms with Gasteiger partial charge in [-0.1, -0.05) is 52.0 Å². The van der Waals surface area contributed by atoms with E-state index in [1.165, 1.54) is 19.1 Å². The number of carbonyl (C=O) groups excluding carboxylic acids is 1. The van der Waals surface area contributed by atoms with Gasteiger partial charge in [-0.3, -0.25) is 4.79 Å². The van der Waals surface area contributed by atoms with Gasteiger partial charge in [-0.15, -0.1) is 0 Å². The van der Waals surface area contributed by atoms with Crippen LogP contribution in [0.25, 0.3) is 5.57 Å². The van der Waals surface area contributed by atoms with E-state index < -0.39 is 20.7 Å². The third kappa shape index (κ3) is 9.76. The van der Waals surface area contributed by atoms with Gasteiger partial charge in [0.1, 0.15) is 23.2 Å². The number of nitrogens with one attached hydrogen (secondary N) is 2. The number of halogens is 2. The number of carbonyl (C=O) groups is 1. The molecule has 0 saturated carbocycles. The van der Waals surface area contributed by atoms with Crippen molar-refractivity contribution in [3.63, 3.8) is 0 Å². The summed E-state index contributed by atoms with van der Waals surface area (Å²) in [7, 11) is -1.36. The molecule has 5 rings (SSSR count). The van der Waals surface area contributed by atoms with Crippen LogP contribution in [0.4, 0.5) is 31.8 Å². The molecule has 1 aliphatic heterocycles. The van der Waals surface area contributed by atoms with Crippen molar-refractivity contribution in [2.75, 3.05) is 35.4 Å². The van der Waals surface area contributed by atoms with E-state index in [0.29, 0.717) is 61.6 Å². The van der Waals surface area contributed by atoms with Crippen LogP contribution in [0.2, 0.25) is 11.6 Å². The smallest absolute Gasteiger partial charge is 0.222 e. The topological polar surface area (TPSA) is 111 Å². The number of aryl methyl sites for hydroxylation is 1. The Morgan fingerprint density at radius 3 is 2.43 bits per heavy atom. The molecule has 4 aromatic rings. The number of hydrogen-bond acceptors (Lipinski definition) is 9. The number of amides is 1. The molecule has 0 radical (unpaired) electrons. The quantitative estimate of drug-likeness (QED) is 0.0912. The number of ether oxygens (including phenoxy) is 2. The molecule has 2 aromatic carbocycles. The highest BCUT2D eigenvalue weighted by atomic mass is 28.3. The molecule has 0 saturated heterocycles. The SMILES string of the molecule is CCOc1cc(F)c(CN2c3ccccc3C(c3ncc(OCCCO[SiH](C)C(C)(C)C)c(Nc4cc(NC(C)=O)ncc4C)n3)=CC2CC)c(F)c1. The van der Waals surface area contributed by atoms with Gasteiger partial charge in [0.15, 0.2) is 26.4 Å². The number of nitrogens with zero attached hydrogens (tertiary/aromatic N) is 4. The maximum Gasteiger partial charge on any atom is 0.222 e. The minimum Gasteiger partial charge on any atom is -0.494 e. The first-order valence-corrected chi connectivity index (χ1v) is 20.3. The second-order valence-corrected chi connectivity index (χ2v) is 17.5. The van der Waals surface area contributed by atoms with Gasteiger partial charge in [-0.2, -0.15) is 0 Å². The molecule has 2 unspecified atom stereocenters. The van der Waals surface area contributed by atoms with Crippen LogP contribution >= 0.6 is 0 Å². The number of para-hydroxylation sites is 1. The summed E-state index contributed by atoms with van der Waals surface area (Å²) in [6.45, 7) is 17.3. The minimum atomic E-state index is -1.36. The Kier molecular flexibility index (Phi) is 12.8. The molecule has 2 atom stereocenters. The summed E-state index contributed by atoms with van der Waals surface area (Å²) < 4.78 is 48.4. The van der Waals surface area contributed by atoms with Gasteiger partial charge in [-0.25, -0.2) is 23.7 Å². The van der Waals surface area contributed by atoms with Crippen molar-refractivity contribution in [1.82, 2.24) is 15.0 Å². The van der Waals surface area contributed by atoms with Crippen molar-refractivity contribution >= 4 is 43.5 Å². The fourth-order valence-electron chi connectivity index (χ4n) is 5.87. The van der Waals surface area contributed by atoms with E-state index in [-0.39, 0.29) is 34.8 Å². The van der Waals surface area contributed by atoms with E-state index in [9.17, 15) is 4.79 Å². The lowest BCUT2D eigenvalue weighted by molar-refractivity contribution is -0.114. The normalized spacial score (nSPS) is 14.6. The Morgan fingerprint density at radius 2 is 1.75 bits per heavy atom. The summed E-state index contributed by atoms with van der Waals surface area (Å²) in [5, 5.41) is 6.31. The lowest BCUT2D eigenvalue weighted by Gasteiger charge is -2.37. The van der Waals surface area contributed by atoms with Crippen molar-refractivity contribution in [2.24, 2.45) is 0 Å². The molecule has 2 aromatic heterocycles. The van der Waals surface area contributed by atoms with Crippen LogP contribution in [0.1, 0.15) is 76.9 Å². The molecular formula is C40H50F2N6O4Si. The predicted molar refractivity (Wildman–Crippen MR) is 209 cm³/mol. The summed E-state index contributed by atoms with van der Waals surface area (Å²) in [5.41, 5.74) is 3.89. The number of benzene rings is 2. The third-order valence-corrected chi connectivity index (χ3v) is 12.4. The second kappa shape index (κ2) is 17.3. The second-order valence-electron chi connectivity index (χ2n) is 14.2. The standard InChI is InChI=1S/C40H50F2N6O4Si/c1-9-27-18-30(29-14-11-12-15-35(29)48(27)24-31-32(41)19-28(50-10-2)20-33(31)42)38-44-23-36(51-16-13-17-52-53(8)40(5,6)7)39(47-38)46-34-21-37(45-26(4)49)43-22-25(34)3/h11-12,14-15,18-23,27,53H,9-10,13,16-17,24H2,1-8H3,(H2,43,44,45,46,47,49). The fraction of sp³-hybridized carbons (Fsp3) is 0.400. The monoisotopic (exact) mass is 744 g/mol. The van der Waals surface area contributed by atoms with Crippen molar-refractivity contribution in [1.29, 1.82) is 0 Å². The molecule has 0 aliphatic carbocycles. The first kappa shape index (κ1) is 39.3. The van der Waals surface area contributed by atoms with Crippen molar-refractivity contribution < 1.29 is 27.5 Å². The van der Waals surface area contributed by atoms with Crippen LogP contribution in [0.15, 0.2) is 60.9 Å². The van der Waals surface area contributed by atoms with Gasteiger partial charge in [-0.05, 0) is 43.5 Å². The third-order valence-electron chi connectivity index (χ3n) is 9.23. The number of anilines is 4. The van der Waals surface area contributed by atoms with E-state index in [0.717, 1.165) is 22.4 Å². The Bertz CT molecular complexity index is 1930. The molecular weight excluding hydrogens is 695 g/mol. The first-order chi connectivity index (χ1) is 25.3. The Hall–Kier alpha value is -4.88. The molecule has 0 fully saturated rings. The molecule has 13 heteroatoms. The van der Waals surface area contributed by atoms with E-state index in [1.807, 2.05) is 43.0 Å². The molecule has 53 heavy (non-hydrogen) atoms. The number of fused-ring (bicyclic) bond motifs is 1. The number of aromatic nitrogens is 3. The maximum absolute atomic E-state index is 15.3. The van der Waals surface area contributed by atoms with Crippen molar-refractivity contribution in [3.8, 4) is 11.5 Å². The molecule has 0 spiro atoms. The molecule has 0 bridgehead atoms. The predicted octanol–water partition coefficient (Wildman–Crippen LogP) is 8.73. The molecule has 282 valence electrons. The highest BCUT2D eigenvalue weighted by Gasteiger charge is 2.30. The molecule has 1 aliphatic rings. The van der Waals surface area contributed by atoms with E-state index in [1.54, 1.807) is 25.4 Å². The van der Waals surface area contributed by atoms with Gasteiger partial charge in [0.05, 0.1) is 19.4 Å². The lowest BCUT2D eigenvalue weighted by Crippen LogP contribution is -2.37. The molecule has 2 N–H and O–H groups in total. The van der Waals surface area contributed by atoms with E-state index in [4.69, 9.17) is 23.9 Å². The van der Waals surface area contributed by atoms with Gasteiger partial charge in [0.25, 0.3) is 0 Å². The summed E-state index contributed by atoms with van der Waals surface area (Å²) in [6.07, 6.45) is 6.73. The molecule has 3 heterocycles. The number of rotatable bonds is 15. The minimum absolute atomic E-state index is 0.0164. The maximum atomic E-state index is 15.3. The average molecular weight is 745 g/mol. The average Bonchev–Trinajstić information content (AvgIpc) is 3.10. The van der Waals surface area contributed by atoms with E-state index >= 15 is 8.78 Å². The molecule has 10 nitrogen and oxygen atoms in total. The summed E-state index contributed by atoms with van der Waals surface area (Å²) in [4.78, 5) is 27.9. The fourth-order valence-corrected chi connectivity index (χ4v) is 6.89. The van der Waals surface area contributed by atoms with E-state index in [2.05, 4.69) is 49.0 Å². The van der Waals surface area contributed by atoms with Crippen LogP contribution in [0.3, 0.4) is 0 Å². The Labute approximate surface area is 312 Å². The van der Waals surface area contributed by atoms with Crippen molar-refractivity contribution in [3.05, 3.63) is 95.1 Å². The van der Waals surface area contributed by atoms with Crippen LogP contribution in [-0.2, 0) is 15.8 Å². The lowest BCUT2D eigenvalue weighted by atomic mass is 9.92. The highest BCUT2D eigenvalue weighted by molar-refractivity contribution is 6.53. The summed E-state index contributed by atoms with van der Waals surface area (Å²) >= 11 is 0. The van der Waals surface area contributed by atoms with Crippen LogP contribution in [0.5, 0.6) is 11.5 Å². The van der Waals surface area contributed by atoms with Crippen LogP contribution in [-0.4, -0.2) is 55.8 Å². The summed E-state index contributed by atoms with van der Waals surface area (Å²) in [5.74, 6) is 0.342. The highest BCUT2D eigenvalue weighted by Crippen LogP contribution is 2.40. The van der Waals surface area contributed by atoms with Gasteiger partial charge >= 0.3 is 0 Å². The van der Waals surface area contributed by atoms with Crippen LogP contribution in [0, 0.1) is 18.6 Å². The van der Waals surface area contributed by atoms with Gasteiger partial charge in [0.2, 0.25) is 5.91 Å². The summed E-state index contributed by atoms with van der Waals surface area (Å²) in [6, 6.07) is 11.7. The number of hydrogen-bond donors (Lipinski definition) is 2. The van der Waals surface area contributed by atoms with Gasteiger partial charge < -0.3 is 29.4 Å². The van der Waals surface area contributed by atoms with Gasteiger partial charge in [0, 0.05) is 85.0 Å². The van der Waals surface area contributed by atoms with Crippen molar-refractivity contribution in [2.45, 2.75) is 85.5 Å². The number of pyridine rings is 1. The zero-order valence-corrected chi connectivity index (χ0v) is 33.0. The zero-order chi connectivity index (χ0) is 38.3. The first-order valence-electron chi connectivity index (χ1n) is 18.1. The Morgan fingerprint density at radius 1 is 1.02 bits per heavy atom. The Balaban J connectivity index is 1.49. The molecule has 1 amide bonds. The van der Waals surface area contributed by atoms with Crippen LogP contribution < -0.4 is 25.0 Å². The zero-order valence-electron chi connectivity index (χ0n) is 31.8. The largest absolute Gasteiger partial charge is 0.494 e.